The number of quaternary nitrogens is 1. The van der Waals surface area contributed by atoms with Crippen LogP contribution in [0.4, 0.5) is 11.5 Å². The molecule has 0 spiro atoms. The summed E-state index contributed by atoms with van der Waals surface area (Å²) in [6.07, 6.45) is 3.87. The van der Waals surface area contributed by atoms with E-state index in [2.05, 4.69) is 22.4 Å². The van der Waals surface area contributed by atoms with Crippen LogP contribution in [-0.4, -0.2) is 40.9 Å². The van der Waals surface area contributed by atoms with E-state index in [1.54, 1.807) is 0 Å². The van der Waals surface area contributed by atoms with Crippen LogP contribution in [-0.2, 0) is 11.3 Å². The van der Waals surface area contributed by atoms with Gasteiger partial charge in [-0.2, -0.15) is 0 Å². The van der Waals surface area contributed by atoms with Gasteiger partial charge in [0.2, 0.25) is 0 Å². The van der Waals surface area contributed by atoms with E-state index in [4.69, 9.17) is 9.84 Å². The quantitative estimate of drug-likeness (QED) is 0.679. The molecule has 0 amide bonds. The maximum atomic E-state index is 11.6. The Morgan fingerprint density at radius 3 is 2.96 bits per heavy atom. The molecule has 8 nitrogen and oxygen atoms in total. The lowest BCUT2D eigenvalue weighted by atomic mass is 10.1. The number of benzene rings is 1. The number of aromatic nitrogens is 3. The molecule has 8 heteroatoms. The maximum absolute atomic E-state index is 11.6. The number of nitrogens with one attached hydrogen (secondary N) is 2. The van der Waals surface area contributed by atoms with Crippen molar-refractivity contribution in [1.82, 2.24) is 14.6 Å². The topological polar surface area (TPSA) is 82.2 Å². The van der Waals surface area contributed by atoms with Crippen molar-refractivity contribution in [2.75, 3.05) is 30.6 Å². The lowest BCUT2D eigenvalue weighted by Crippen LogP contribution is -3.07. The van der Waals surface area contributed by atoms with Gasteiger partial charge in [-0.25, -0.2) is 14.9 Å². The Morgan fingerprint density at radius 1 is 1.26 bits per heavy atom. The number of ether oxygens (including phenoxy) is 1. The predicted octanol–water partition coefficient (Wildman–Crippen LogP) is 1.23. The Kier molecular flexibility index (Phi) is 3.96. The molecule has 0 saturated carbocycles. The first-order valence-corrected chi connectivity index (χ1v) is 9.27. The molecule has 5 rings (SSSR count). The van der Waals surface area contributed by atoms with Gasteiger partial charge in [-0.15, -0.1) is 5.10 Å². The highest BCUT2D eigenvalue weighted by atomic mass is 16.5. The van der Waals surface area contributed by atoms with E-state index in [-0.39, 0.29) is 5.17 Å². The average molecular weight is 366 g/mol. The highest BCUT2D eigenvalue weighted by molar-refractivity contribution is 5.68. The van der Waals surface area contributed by atoms with Gasteiger partial charge in [0.05, 0.1) is 17.6 Å². The maximum Gasteiger partial charge on any atom is 0.154 e. The molecule has 1 unspecified atom stereocenters. The predicted molar refractivity (Wildman–Crippen MR) is 102 cm³/mol. The molecular formula is C19H22N6O2. The van der Waals surface area contributed by atoms with Crippen molar-refractivity contribution in [1.29, 1.82) is 0 Å². The average Bonchev–Trinajstić information content (AvgIpc) is 3.29. The molecular weight excluding hydrogens is 344 g/mol. The molecule has 3 aromatic rings. The van der Waals surface area contributed by atoms with E-state index in [9.17, 15) is 5.21 Å². The van der Waals surface area contributed by atoms with Gasteiger partial charge in [0, 0.05) is 37.4 Å². The van der Waals surface area contributed by atoms with Crippen LogP contribution in [0.5, 0.6) is 0 Å². The molecule has 1 atom stereocenters. The molecule has 4 heterocycles. The summed E-state index contributed by atoms with van der Waals surface area (Å²) in [6.45, 7) is 2.02. The second-order valence-electron chi connectivity index (χ2n) is 7.16. The molecule has 27 heavy (non-hydrogen) atoms. The minimum absolute atomic E-state index is 0.0405. The summed E-state index contributed by atoms with van der Waals surface area (Å²) in [4.78, 5) is 6.73. The number of nitrogens with zero attached hydrogens (tertiary/aromatic N) is 4. The second-order valence-corrected chi connectivity index (χ2v) is 7.16. The van der Waals surface area contributed by atoms with Crippen molar-refractivity contribution < 1.29 is 9.91 Å². The third kappa shape index (κ3) is 2.91. The van der Waals surface area contributed by atoms with Crippen LogP contribution in [0.15, 0.2) is 36.5 Å². The van der Waals surface area contributed by atoms with Crippen LogP contribution < -0.4 is 15.5 Å². The monoisotopic (exact) mass is 366 g/mol. The minimum atomic E-state index is 0.0405. The molecule has 2 aromatic heterocycles. The summed E-state index contributed by atoms with van der Waals surface area (Å²) in [7, 11) is 2.09. The van der Waals surface area contributed by atoms with Gasteiger partial charge >= 0.3 is 0 Å². The largest absolute Gasteiger partial charge is 0.608 e. The van der Waals surface area contributed by atoms with Crippen molar-refractivity contribution >= 4 is 17.2 Å². The Labute approximate surface area is 156 Å². The summed E-state index contributed by atoms with van der Waals surface area (Å²) in [5.74, 6) is 0.923. The number of rotatable bonds is 3. The SMILES string of the molecule is CN(c1ccc2ncc(-c3ccc4c(c3)C[NH+]([O-])N4)n2n1)C1CCOCC1. The van der Waals surface area contributed by atoms with Crippen molar-refractivity contribution in [3.63, 3.8) is 0 Å². The van der Waals surface area contributed by atoms with Gasteiger partial charge in [0.1, 0.15) is 12.4 Å². The van der Waals surface area contributed by atoms with E-state index in [1.165, 1.54) is 0 Å². The molecule has 0 radical (unpaired) electrons. The summed E-state index contributed by atoms with van der Waals surface area (Å²) >= 11 is 0. The first-order valence-electron chi connectivity index (χ1n) is 9.27. The van der Waals surface area contributed by atoms with E-state index in [0.29, 0.717) is 12.6 Å². The highest BCUT2D eigenvalue weighted by Crippen LogP contribution is 2.27. The van der Waals surface area contributed by atoms with Gasteiger partial charge in [-0.05, 0) is 37.1 Å². The van der Waals surface area contributed by atoms with Gasteiger partial charge in [-0.3, -0.25) is 5.17 Å². The molecule has 1 fully saturated rings. The first kappa shape index (κ1) is 16.5. The number of imidazole rings is 1. The van der Waals surface area contributed by atoms with Gasteiger partial charge in [-0.1, -0.05) is 6.07 Å². The van der Waals surface area contributed by atoms with E-state index < -0.39 is 0 Å². The molecule has 140 valence electrons. The van der Waals surface area contributed by atoms with Crippen molar-refractivity contribution in [3.8, 4) is 11.3 Å². The lowest BCUT2D eigenvalue weighted by Gasteiger charge is -2.31. The summed E-state index contributed by atoms with van der Waals surface area (Å²) < 4.78 is 7.36. The number of hydrogen-bond acceptors (Lipinski definition) is 6. The summed E-state index contributed by atoms with van der Waals surface area (Å²) in [6, 6.07) is 10.5. The zero-order valence-electron chi connectivity index (χ0n) is 15.2. The van der Waals surface area contributed by atoms with Gasteiger partial charge < -0.3 is 14.8 Å². The number of hydroxylamine groups is 1. The fraction of sp³-hybridized carbons (Fsp3) is 0.368. The van der Waals surface area contributed by atoms with Crippen LogP contribution >= 0.6 is 0 Å². The first-order chi connectivity index (χ1) is 13.2. The molecule has 2 aliphatic rings. The van der Waals surface area contributed by atoms with E-state index >= 15 is 0 Å². The molecule has 2 N–H and O–H groups in total. The zero-order valence-corrected chi connectivity index (χ0v) is 15.2. The van der Waals surface area contributed by atoms with E-state index in [0.717, 1.165) is 60.0 Å². The minimum Gasteiger partial charge on any atom is -0.608 e. The highest BCUT2D eigenvalue weighted by Gasteiger charge is 2.21. The van der Waals surface area contributed by atoms with Crippen molar-refractivity contribution in [3.05, 3.63) is 47.3 Å². The molecule has 0 aliphatic carbocycles. The number of hydrogen-bond donors (Lipinski definition) is 2. The Balaban J connectivity index is 1.51. The third-order valence-electron chi connectivity index (χ3n) is 5.47. The lowest BCUT2D eigenvalue weighted by molar-refractivity contribution is -0.832. The Bertz CT molecular complexity index is 981. The van der Waals surface area contributed by atoms with Crippen LogP contribution in [0.2, 0.25) is 0 Å². The number of anilines is 2. The normalized spacial score (nSPS) is 19.9. The molecule has 1 aromatic carbocycles. The van der Waals surface area contributed by atoms with Crippen molar-refractivity contribution in [2.24, 2.45) is 0 Å². The summed E-state index contributed by atoms with van der Waals surface area (Å²) in [5, 5.41) is 16.5. The molecule has 1 saturated heterocycles. The fourth-order valence-corrected chi connectivity index (χ4v) is 3.90. The summed E-state index contributed by atoms with van der Waals surface area (Å²) in [5.41, 5.74) is 7.53. The van der Waals surface area contributed by atoms with Crippen LogP contribution in [0.3, 0.4) is 0 Å². The fourth-order valence-electron chi connectivity index (χ4n) is 3.90. The van der Waals surface area contributed by atoms with E-state index in [1.807, 2.05) is 41.0 Å². The third-order valence-corrected chi connectivity index (χ3v) is 5.47. The Morgan fingerprint density at radius 2 is 2.11 bits per heavy atom. The Hall–Kier alpha value is -2.68. The standard InChI is InChI=1S/C19H22N6O2/c1-23(15-6-8-27-9-7-15)19-5-4-18-20-11-17(25(18)22-19)13-2-3-16-14(10-13)12-24(26)21-16/h2-5,10-11,15,21,24H,6-9,12H2,1H3. The molecule has 2 aliphatic heterocycles. The second kappa shape index (κ2) is 6.49. The zero-order chi connectivity index (χ0) is 18.4. The van der Waals surface area contributed by atoms with Gasteiger partial charge in [0.15, 0.2) is 5.65 Å². The van der Waals surface area contributed by atoms with Crippen LogP contribution in [0, 0.1) is 5.21 Å². The van der Waals surface area contributed by atoms with Crippen molar-refractivity contribution in [2.45, 2.75) is 25.4 Å². The molecule has 0 bridgehead atoms. The number of fused-ring (bicyclic) bond motifs is 2. The van der Waals surface area contributed by atoms with Gasteiger partial charge in [0.25, 0.3) is 0 Å². The smallest absolute Gasteiger partial charge is 0.154 e. The van der Waals surface area contributed by atoms with Crippen LogP contribution in [0.25, 0.3) is 16.9 Å². The van der Waals surface area contributed by atoms with Crippen LogP contribution in [0.1, 0.15) is 18.4 Å².